The van der Waals surface area contributed by atoms with Gasteiger partial charge in [0.15, 0.2) is 0 Å². The van der Waals surface area contributed by atoms with Gasteiger partial charge < -0.3 is 9.90 Å². The number of hydrogen-bond acceptors (Lipinski definition) is 2. The number of halogens is 1. The molecule has 1 N–H and O–H groups in total. The van der Waals surface area contributed by atoms with Crippen molar-refractivity contribution in [3.8, 4) is 5.75 Å². The van der Waals surface area contributed by atoms with Gasteiger partial charge in [0.25, 0.3) is 0 Å². The number of benzene rings is 1. The van der Waals surface area contributed by atoms with E-state index in [1.807, 2.05) is 0 Å². The molecular formula is C10H7FO2. The van der Waals surface area contributed by atoms with Crippen LogP contribution in [0.15, 0.2) is 18.2 Å². The average Bonchev–Trinajstić information content (AvgIpc) is 2.56. The van der Waals surface area contributed by atoms with E-state index in [-0.39, 0.29) is 5.75 Å². The van der Waals surface area contributed by atoms with Gasteiger partial charge in [-0.3, -0.25) is 0 Å². The number of carbonyl (C=O) groups excluding carboxylic acids is 1. The van der Waals surface area contributed by atoms with E-state index in [9.17, 15) is 14.3 Å². The van der Waals surface area contributed by atoms with Gasteiger partial charge >= 0.3 is 0 Å². The Hall–Kier alpha value is -1.64. The van der Waals surface area contributed by atoms with Gasteiger partial charge in [0.05, 0.1) is 5.92 Å². The van der Waals surface area contributed by atoms with E-state index < -0.39 is 11.7 Å². The number of phenols is 1. The quantitative estimate of drug-likeness (QED) is 0.666. The van der Waals surface area contributed by atoms with Crippen molar-refractivity contribution in [2.45, 2.75) is 5.92 Å². The minimum atomic E-state index is -0.509. The molecule has 0 bridgehead atoms. The maximum absolute atomic E-state index is 13.1. The number of aldehydes is 1. The minimum absolute atomic E-state index is 0.0292. The van der Waals surface area contributed by atoms with Gasteiger partial charge in [0.2, 0.25) is 0 Å². The lowest BCUT2D eigenvalue weighted by Gasteiger charge is -2.06. The molecule has 0 aliphatic heterocycles. The largest absolute Gasteiger partial charge is 0.508 e. The van der Waals surface area contributed by atoms with Crippen LogP contribution in [-0.2, 0) is 4.79 Å². The van der Waals surface area contributed by atoms with E-state index in [1.54, 1.807) is 6.08 Å². The highest BCUT2D eigenvalue weighted by atomic mass is 19.1. The van der Waals surface area contributed by atoms with Crippen molar-refractivity contribution in [1.82, 2.24) is 0 Å². The molecule has 0 radical (unpaired) electrons. The standard InChI is InChI=1S/C10H7FO2/c11-8-3-4-9(13)10-6(5-12)1-2-7(8)10/h1-6,13H. The SMILES string of the molecule is O=CC1C=Cc2c(F)ccc(O)c21. The molecule has 0 amide bonds. The number of rotatable bonds is 1. The van der Waals surface area contributed by atoms with Gasteiger partial charge in [0.1, 0.15) is 17.9 Å². The second-order valence-electron chi connectivity index (χ2n) is 2.91. The number of aromatic hydroxyl groups is 1. The molecule has 0 saturated heterocycles. The molecule has 13 heavy (non-hydrogen) atoms. The Labute approximate surface area is 74.3 Å². The predicted octanol–water partition coefficient (Wildman–Crippen LogP) is 1.84. The average molecular weight is 178 g/mol. The third-order valence-electron chi connectivity index (χ3n) is 2.16. The first kappa shape index (κ1) is 7.98. The molecule has 2 nitrogen and oxygen atoms in total. The van der Waals surface area contributed by atoms with Crippen LogP contribution in [0.2, 0.25) is 0 Å². The lowest BCUT2D eigenvalue weighted by atomic mass is 10.0. The predicted molar refractivity (Wildman–Crippen MR) is 45.9 cm³/mol. The summed E-state index contributed by atoms with van der Waals surface area (Å²) >= 11 is 0. The topological polar surface area (TPSA) is 37.3 Å². The van der Waals surface area contributed by atoms with Crippen LogP contribution in [0.3, 0.4) is 0 Å². The Balaban J connectivity index is 2.67. The van der Waals surface area contributed by atoms with Crippen molar-refractivity contribution in [1.29, 1.82) is 0 Å². The van der Waals surface area contributed by atoms with E-state index in [2.05, 4.69) is 0 Å². The summed E-state index contributed by atoms with van der Waals surface area (Å²) in [7, 11) is 0. The molecule has 0 saturated carbocycles. The van der Waals surface area contributed by atoms with Crippen molar-refractivity contribution >= 4 is 12.4 Å². The first-order valence-corrected chi connectivity index (χ1v) is 3.89. The number of carbonyl (C=O) groups is 1. The van der Waals surface area contributed by atoms with Gasteiger partial charge in [-0.15, -0.1) is 0 Å². The molecule has 0 spiro atoms. The highest BCUT2D eigenvalue weighted by Crippen LogP contribution is 2.36. The molecule has 1 atom stereocenters. The fourth-order valence-corrected chi connectivity index (χ4v) is 1.53. The molecule has 1 aromatic carbocycles. The zero-order valence-electron chi connectivity index (χ0n) is 6.70. The summed E-state index contributed by atoms with van der Waals surface area (Å²) in [6, 6.07) is 2.45. The fourth-order valence-electron chi connectivity index (χ4n) is 1.53. The van der Waals surface area contributed by atoms with Crippen LogP contribution in [0.25, 0.3) is 6.08 Å². The van der Waals surface area contributed by atoms with Crippen LogP contribution in [0.4, 0.5) is 4.39 Å². The molecule has 0 heterocycles. The van der Waals surface area contributed by atoms with Crippen molar-refractivity contribution in [2.24, 2.45) is 0 Å². The Morgan fingerprint density at radius 1 is 1.46 bits per heavy atom. The molecule has 1 aliphatic rings. The lowest BCUT2D eigenvalue weighted by Crippen LogP contribution is -1.96. The molecule has 0 aromatic heterocycles. The first-order valence-electron chi connectivity index (χ1n) is 3.89. The Bertz CT molecular complexity index is 396. The van der Waals surface area contributed by atoms with E-state index >= 15 is 0 Å². The zero-order chi connectivity index (χ0) is 9.42. The number of fused-ring (bicyclic) bond motifs is 1. The van der Waals surface area contributed by atoms with Crippen LogP contribution >= 0.6 is 0 Å². The third-order valence-corrected chi connectivity index (χ3v) is 2.16. The molecule has 1 unspecified atom stereocenters. The van der Waals surface area contributed by atoms with Crippen molar-refractivity contribution in [2.75, 3.05) is 0 Å². The second-order valence-corrected chi connectivity index (χ2v) is 2.91. The third kappa shape index (κ3) is 1.04. The van der Waals surface area contributed by atoms with Gasteiger partial charge in [-0.25, -0.2) is 4.39 Å². The number of phenolic OH excluding ortho intramolecular Hbond substituents is 1. The smallest absolute Gasteiger partial charge is 0.131 e. The number of allylic oxidation sites excluding steroid dienone is 1. The Morgan fingerprint density at radius 2 is 2.23 bits per heavy atom. The monoisotopic (exact) mass is 178 g/mol. The second kappa shape index (κ2) is 2.69. The molecule has 3 heteroatoms. The summed E-state index contributed by atoms with van der Waals surface area (Å²) in [5, 5.41) is 9.39. The Kier molecular flexibility index (Phi) is 1.65. The van der Waals surface area contributed by atoms with Gasteiger partial charge in [-0.05, 0) is 12.1 Å². The first-order chi connectivity index (χ1) is 6.24. The highest BCUT2D eigenvalue weighted by molar-refractivity contribution is 5.79. The summed E-state index contributed by atoms with van der Waals surface area (Å²) in [6.45, 7) is 0. The highest BCUT2D eigenvalue weighted by Gasteiger charge is 2.22. The van der Waals surface area contributed by atoms with Crippen LogP contribution < -0.4 is 0 Å². The minimum Gasteiger partial charge on any atom is -0.508 e. The Morgan fingerprint density at radius 3 is 2.92 bits per heavy atom. The van der Waals surface area contributed by atoms with E-state index in [0.29, 0.717) is 17.4 Å². The van der Waals surface area contributed by atoms with Gasteiger partial charge in [0, 0.05) is 11.1 Å². The molecule has 1 aliphatic carbocycles. The van der Waals surface area contributed by atoms with Crippen LogP contribution in [0.5, 0.6) is 5.75 Å². The summed E-state index contributed by atoms with van der Waals surface area (Å²) in [4.78, 5) is 10.5. The maximum Gasteiger partial charge on any atom is 0.131 e. The van der Waals surface area contributed by atoms with Crippen molar-refractivity contribution in [3.63, 3.8) is 0 Å². The zero-order valence-corrected chi connectivity index (χ0v) is 6.70. The van der Waals surface area contributed by atoms with Crippen LogP contribution in [0.1, 0.15) is 17.0 Å². The normalized spacial score (nSPS) is 18.7. The maximum atomic E-state index is 13.1. The van der Waals surface area contributed by atoms with Crippen LogP contribution in [0, 0.1) is 5.82 Å². The van der Waals surface area contributed by atoms with Gasteiger partial charge in [-0.2, -0.15) is 0 Å². The molecular weight excluding hydrogens is 171 g/mol. The van der Waals surface area contributed by atoms with Crippen LogP contribution in [-0.4, -0.2) is 11.4 Å². The molecule has 66 valence electrons. The summed E-state index contributed by atoms with van der Waals surface area (Å²) in [5.41, 5.74) is 0.687. The van der Waals surface area contributed by atoms with E-state index in [0.717, 1.165) is 0 Å². The molecule has 0 fully saturated rings. The van der Waals surface area contributed by atoms with E-state index in [4.69, 9.17) is 0 Å². The fraction of sp³-hybridized carbons (Fsp3) is 0.100. The van der Waals surface area contributed by atoms with E-state index in [1.165, 1.54) is 18.2 Å². The van der Waals surface area contributed by atoms with Gasteiger partial charge in [-0.1, -0.05) is 12.2 Å². The number of hydrogen-bond donors (Lipinski definition) is 1. The van der Waals surface area contributed by atoms with Crippen molar-refractivity contribution in [3.05, 3.63) is 35.2 Å². The summed E-state index contributed by atoms with van der Waals surface area (Å²) in [5.74, 6) is -0.947. The summed E-state index contributed by atoms with van der Waals surface area (Å²) in [6.07, 6.45) is 3.77. The summed E-state index contributed by atoms with van der Waals surface area (Å²) < 4.78 is 13.1. The molecule has 1 aromatic rings. The molecule has 2 rings (SSSR count). The lowest BCUT2D eigenvalue weighted by molar-refractivity contribution is -0.108. The van der Waals surface area contributed by atoms with Crippen molar-refractivity contribution < 1.29 is 14.3 Å².